The minimum absolute atomic E-state index is 0.0405. The second-order valence-corrected chi connectivity index (χ2v) is 6.44. The second kappa shape index (κ2) is 5.39. The molecule has 0 spiro atoms. The van der Waals surface area contributed by atoms with Crippen molar-refractivity contribution >= 4 is 15.8 Å². The molecule has 0 aliphatic heterocycles. The van der Waals surface area contributed by atoms with E-state index in [2.05, 4.69) is 0 Å². The number of aryl methyl sites for hydroxylation is 1. The maximum Gasteiger partial charge on any atom is 0.304 e. The van der Waals surface area contributed by atoms with E-state index in [0.717, 1.165) is 5.56 Å². The number of methoxy groups -OCH3 is 1. The van der Waals surface area contributed by atoms with Crippen LogP contribution < -0.4 is 4.74 Å². The predicted molar refractivity (Wildman–Crippen MR) is 66.6 cm³/mol. The van der Waals surface area contributed by atoms with Gasteiger partial charge in [0, 0.05) is 0 Å². The van der Waals surface area contributed by atoms with Crippen molar-refractivity contribution in [3.63, 3.8) is 0 Å². The van der Waals surface area contributed by atoms with Crippen molar-refractivity contribution in [3.8, 4) is 5.75 Å². The third kappa shape index (κ3) is 3.01. The molecule has 1 rings (SSSR count). The number of ether oxygens (including phenoxy) is 1. The third-order valence-corrected chi connectivity index (χ3v) is 4.78. The topological polar surface area (TPSA) is 80.7 Å². The molecule has 0 fully saturated rings. The molecule has 1 aromatic carbocycles. The maximum atomic E-state index is 12.3. The Morgan fingerprint density at radius 3 is 2.56 bits per heavy atom. The number of hydrogen-bond donors (Lipinski definition) is 1. The number of carbonyl (C=O) groups is 1. The monoisotopic (exact) mass is 272 g/mol. The predicted octanol–water partition coefficient (Wildman–Crippen LogP) is 1.64. The van der Waals surface area contributed by atoms with Crippen LogP contribution in [0.1, 0.15) is 18.9 Å². The standard InChI is InChI=1S/C12H16O5S/c1-8-4-5-10(17-3)11(6-8)18(15,16)9(2)7-12(13)14/h4-6,9H,7H2,1-3H3,(H,13,14). The Balaban J connectivity index is 3.27. The van der Waals surface area contributed by atoms with Gasteiger partial charge >= 0.3 is 5.97 Å². The first-order chi connectivity index (χ1) is 8.28. The molecule has 0 aliphatic carbocycles. The van der Waals surface area contributed by atoms with Gasteiger partial charge in [-0.3, -0.25) is 4.79 Å². The normalized spacial score (nSPS) is 13.1. The average molecular weight is 272 g/mol. The van der Waals surface area contributed by atoms with Gasteiger partial charge in [-0.25, -0.2) is 8.42 Å². The molecule has 1 aromatic rings. The van der Waals surface area contributed by atoms with Gasteiger partial charge in [-0.15, -0.1) is 0 Å². The molecule has 1 unspecified atom stereocenters. The van der Waals surface area contributed by atoms with Crippen LogP contribution in [0.4, 0.5) is 0 Å². The third-order valence-electron chi connectivity index (χ3n) is 2.62. The molecule has 0 heterocycles. The molecule has 100 valence electrons. The van der Waals surface area contributed by atoms with E-state index in [1.807, 2.05) is 0 Å². The van der Waals surface area contributed by atoms with Gasteiger partial charge in [-0.1, -0.05) is 6.07 Å². The molecule has 1 atom stereocenters. The second-order valence-electron chi connectivity index (χ2n) is 4.11. The highest BCUT2D eigenvalue weighted by atomic mass is 32.2. The van der Waals surface area contributed by atoms with Crippen LogP contribution >= 0.6 is 0 Å². The fourth-order valence-corrected chi connectivity index (χ4v) is 3.16. The van der Waals surface area contributed by atoms with Crippen LogP contribution in [0.15, 0.2) is 23.1 Å². The Morgan fingerprint density at radius 2 is 2.06 bits per heavy atom. The summed E-state index contributed by atoms with van der Waals surface area (Å²) in [6, 6.07) is 4.79. The lowest BCUT2D eigenvalue weighted by atomic mass is 10.2. The van der Waals surface area contributed by atoms with E-state index in [1.54, 1.807) is 19.1 Å². The summed E-state index contributed by atoms with van der Waals surface area (Å²) in [5.74, 6) is -0.907. The van der Waals surface area contributed by atoms with Crippen LogP contribution in [0, 0.1) is 6.92 Å². The summed E-state index contributed by atoms with van der Waals surface area (Å²) in [4.78, 5) is 10.7. The van der Waals surface area contributed by atoms with Crippen molar-refractivity contribution in [2.75, 3.05) is 7.11 Å². The smallest absolute Gasteiger partial charge is 0.304 e. The number of rotatable bonds is 5. The molecule has 0 amide bonds. The summed E-state index contributed by atoms with van der Waals surface area (Å²) >= 11 is 0. The van der Waals surface area contributed by atoms with Gasteiger partial charge in [0.2, 0.25) is 0 Å². The molecule has 0 bridgehead atoms. The lowest BCUT2D eigenvalue weighted by Gasteiger charge is -2.14. The largest absolute Gasteiger partial charge is 0.495 e. The molecule has 5 nitrogen and oxygen atoms in total. The first kappa shape index (κ1) is 14.5. The Morgan fingerprint density at radius 1 is 1.44 bits per heavy atom. The fraction of sp³-hybridized carbons (Fsp3) is 0.417. The van der Waals surface area contributed by atoms with E-state index in [1.165, 1.54) is 20.1 Å². The summed E-state index contributed by atoms with van der Waals surface area (Å²) < 4.78 is 29.5. The van der Waals surface area contributed by atoms with Gasteiger partial charge in [0.05, 0.1) is 18.8 Å². The lowest BCUT2D eigenvalue weighted by Crippen LogP contribution is -2.22. The van der Waals surface area contributed by atoms with Gasteiger partial charge < -0.3 is 9.84 Å². The lowest BCUT2D eigenvalue weighted by molar-refractivity contribution is -0.136. The summed E-state index contributed by atoms with van der Waals surface area (Å²) in [7, 11) is -2.32. The molecule has 0 radical (unpaired) electrons. The van der Waals surface area contributed by atoms with Gasteiger partial charge in [-0.2, -0.15) is 0 Å². The van der Waals surface area contributed by atoms with E-state index < -0.39 is 27.5 Å². The van der Waals surface area contributed by atoms with E-state index in [0.29, 0.717) is 0 Å². The summed E-state index contributed by atoms with van der Waals surface area (Å²) in [5, 5.41) is 7.68. The van der Waals surface area contributed by atoms with Crippen molar-refractivity contribution in [2.24, 2.45) is 0 Å². The van der Waals surface area contributed by atoms with Gasteiger partial charge in [-0.05, 0) is 31.5 Å². The van der Waals surface area contributed by atoms with E-state index in [9.17, 15) is 13.2 Å². The highest BCUT2D eigenvalue weighted by Gasteiger charge is 2.28. The molecule has 6 heteroatoms. The minimum atomic E-state index is -3.71. The van der Waals surface area contributed by atoms with Crippen molar-refractivity contribution in [2.45, 2.75) is 30.4 Å². The van der Waals surface area contributed by atoms with Crippen LogP contribution in [0.25, 0.3) is 0 Å². The van der Waals surface area contributed by atoms with Crippen LogP contribution in [-0.4, -0.2) is 31.9 Å². The Labute approximate surface area is 106 Å². The van der Waals surface area contributed by atoms with Crippen molar-refractivity contribution in [3.05, 3.63) is 23.8 Å². The average Bonchev–Trinajstić information content (AvgIpc) is 2.28. The van der Waals surface area contributed by atoms with Gasteiger partial charge in [0.25, 0.3) is 0 Å². The number of sulfone groups is 1. The van der Waals surface area contributed by atoms with Gasteiger partial charge in [0.15, 0.2) is 9.84 Å². The molecular formula is C12H16O5S. The van der Waals surface area contributed by atoms with Gasteiger partial charge in [0.1, 0.15) is 10.6 Å². The highest BCUT2D eigenvalue weighted by Crippen LogP contribution is 2.28. The van der Waals surface area contributed by atoms with E-state index in [-0.39, 0.29) is 10.6 Å². The van der Waals surface area contributed by atoms with Crippen molar-refractivity contribution in [1.29, 1.82) is 0 Å². The number of aliphatic carboxylic acids is 1. The molecular weight excluding hydrogens is 256 g/mol. The molecule has 0 aliphatic rings. The Bertz CT molecular complexity index is 548. The molecule has 18 heavy (non-hydrogen) atoms. The number of benzene rings is 1. The fourth-order valence-electron chi connectivity index (χ4n) is 1.58. The minimum Gasteiger partial charge on any atom is -0.495 e. The molecule has 0 saturated heterocycles. The molecule has 0 saturated carbocycles. The van der Waals surface area contributed by atoms with E-state index in [4.69, 9.17) is 9.84 Å². The zero-order valence-corrected chi connectivity index (χ0v) is 11.3. The summed E-state index contributed by atoms with van der Waals surface area (Å²) in [6.07, 6.45) is -0.431. The first-order valence-corrected chi connectivity index (χ1v) is 6.94. The highest BCUT2D eigenvalue weighted by molar-refractivity contribution is 7.92. The van der Waals surface area contributed by atoms with Crippen molar-refractivity contribution < 1.29 is 23.1 Å². The molecule has 0 aromatic heterocycles. The van der Waals surface area contributed by atoms with E-state index >= 15 is 0 Å². The number of carboxylic acid groups (broad SMARTS) is 1. The maximum absolute atomic E-state index is 12.3. The zero-order valence-electron chi connectivity index (χ0n) is 10.5. The molecule has 1 N–H and O–H groups in total. The van der Waals surface area contributed by atoms with Crippen LogP contribution in [0.2, 0.25) is 0 Å². The van der Waals surface area contributed by atoms with Crippen molar-refractivity contribution in [1.82, 2.24) is 0 Å². The number of carboxylic acids is 1. The summed E-state index contributed by atoms with van der Waals surface area (Å²) in [6.45, 7) is 3.14. The SMILES string of the molecule is COc1ccc(C)cc1S(=O)(=O)C(C)CC(=O)O. The first-order valence-electron chi connectivity index (χ1n) is 5.39. The Hall–Kier alpha value is -1.56. The number of hydrogen-bond acceptors (Lipinski definition) is 4. The zero-order chi connectivity index (χ0) is 13.9. The summed E-state index contributed by atoms with van der Waals surface area (Å²) in [5.41, 5.74) is 0.775. The van der Waals surface area contributed by atoms with Crippen LogP contribution in [-0.2, 0) is 14.6 Å². The quantitative estimate of drug-likeness (QED) is 0.881. The van der Waals surface area contributed by atoms with Crippen LogP contribution in [0.3, 0.4) is 0 Å². The van der Waals surface area contributed by atoms with Crippen LogP contribution in [0.5, 0.6) is 5.75 Å². The Kier molecular flexibility index (Phi) is 4.34.